The highest BCUT2D eigenvalue weighted by Gasteiger charge is 2.42. The molecular weight excluding hydrogens is 518 g/mol. The Bertz CT molecular complexity index is 1320. The number of hydrogen-bond acceptors (Lipinski definition) is 6. The third-order valence-corrected chi connectivity index (χ3v) is 13.0. The Morgan fingerprint density at radius 3 is 2.62 bits per heavy atom. The number of rotatable bonds is 8. The molecule has 8 heteroatoms. The van der Waals surface area contributed by atoms with Crippen molar-refractivity contribution in [2.75, 3.05) is 6.61 Å². The Morgan fingerprint density at radius 2 is 1.93 bits per heavy atom. The minimum Gasteiger partial charge on any atom is -0.414 e. The van der Waals surface area contributed by atoms with Crippen molar-refractivity contribution in [1.29, 1.82) is 0 Å². The summed E-state index contributed by atoms with van der Waals surface area (Å²) in [6, 6.07) is 10.2. The summed E-state index contributed by atoms with van der Waals surface area (Å²) in [5.41, 5.74) is 2.82. The van der Waals surface area contributed by atoms with Crippen molar-refractivity contribution >= 4 is 8.32 Å². The fraction of sp³-hybridized carbons (Fsp3) is 0.562. The van der Waals surface area contributed by atoms with Crippen LogP contribution in [0.15, 0.2) is 47.2 Å². The van der Waals surface area contributed by atoms with E-state index in [0.717, 1.165) is 67.1 Å². The number of nitrogens with zero attached hydrogens (tertiary/aromatic N) is 3. The number of ether oxygens (including phenoxy) is 2. The highest BCUT2D eigenvalue weighted by atomic mass is 28.4. The highest BCUT2D eigenvalue weighted by Crippen LogP contribution is 2.41. The predicted molar refractivity (Wildman–Crippen MR) is 158 cm³/mol. The van der Waals surface area contributed by atoms with E-state index in [1.165, 1.54) is 0 Å². The Morgan fingerprint density at radius 1 is 1.15 bits per heavy atom. The molecule has 0 amide bonds. The molecule has 0 N–H and O–H groups in total. The van der Waals surface area contributed by atoms with E-state index in [0.29, 0.717) is 18.6 Å². The summed E-state index contributed by atoms with van der Waals surface area (Å²) in [5, 5.41) is 4.55. The summed E-state index contributed by atoms with van der Waals surface area (Å²) in [6.07, 6.45) is 9.01. The molecule has 1 aliphatic heterocycles. The van der Waals surface area contributed by atoms with E-state index in [2.05, 4.69) is 60.4 Å². The van der Waals surface area contributed by atoms with Gasteiger partial charge >= 0.3 is 0 Å². The van der Waals surface area contributed by atoms with Gasteiger partial charge < -0.3 is 23.0 Å². The van der Waals surface area contributed by atoms with Gasteiger partial charge in [0.05, 0.1) is 6.54 Å². The lowest BCUT2D eigenvalue weighted by Crippen LogP contribution is -2.47. The first-order valence-corrected chi connectivity index (χ1v) is 17.5. The smallest absolute Gasteiger partial charge is 0.192 e. The minimum absolute atomic E-state index is 0.160. The maximum atomic E-state index is 6.51. The van der Waals surface area contributed by atoms with Gasteiger partial charge in [-0.3, -0.25) is 0 Å². The minimum atomic E-state index is -1.70. The molecule has 2 atom stereocenters. The average Bonchev–Trinajstić information content (AvgIpc) is 3.56. The molecule has 1 saturated heterocycles. The van der Waals surface area contributed by atoms with Crippen LogP contribution in [0.25, 0.3) is 11.3 Å². The van der Waals surface area contributed by atoms with Crippen LogP contribution in [-0.2, 0) is 20.4 Å². The van der Waals surface area contributed by atoms with Crippen molar-refractivity contribution in [3.05, 3.63) is 59.8 Å². The number of imidazole rings is 1. The Kier molecular flexibility index (Phi) is 8.67. The van der Waals surface area contributed by atoms with Crippen LogP contribution < -0.4 is 0 Å². The van der Waals surface area contributed by atoms with Crippen LogP contribution in [0, 0.1) is 17.8 Å². The monoisotopic (exact) mass is 561 g/mol. The molecule has 0 bridgehead atoms. The molecule has 214 valence electrons. The van der Waals surface area contributed by atoms with Gasteiger partial charge in [-0.1, -0.05) is 37.8 Å². The molecule has 40 heavy (non-hydrogen) atoms. The van der Waals surface area contributed by atoms with Crippen LogP contribution in [0.4, 0.5) is 0 Å². The van der Waals surface area contributed by atoms with Crippen molar-refractivity contribution in [2.24, 2.45) is 5.92 Å². The topological polar surface area (TPSA) is 71.5 Å². The van der Waals surface area contributed by atoms with Gasteiger partial charge in [0.2, 0.25) is 0 Å². The SMILES string of the molecule is CC(OC1CCCCO1)c1nccn1Cc1cc(-c2ccc(C#CC3CC(O[Si](C)(C)C(C)(C)C)C3)cc2)on1. The predicted octanol–water partition coefficient (Wildman–Crippen LogP) is 7.34. The quantitative estimate of drug-likeness (QED) is 0.212. The lowest BCUT2D eigenvalue weighted by atomic mass is 9.83. The molecule has 1 aromatic carbocycles. The fourth-order valence-corrected chi connectivity index (χ4v) is 6.27. The normalized spacial score (nSPS) is 22.3. The second-order valence-electron chi connectivity index (χ2n) is 12.7. The van der Waals surface area contributed by atoms with Crippen molar-refractivity contribution < 1.29 is 18.4 Å². The summed E-state index contributed by atoms with van der Waals surface area (Å²) in [4.78, 5) is 4.53. The Balaban J connectivity index is 1.14. The summed E-state index contributed by atoms with van der Waals surface area (Å²) in [5.74, 6) is 8.80. The second kappa shape index (κ2) is 12.0. The van der Waals surface area contributed by atoms with Crippen LogP contribution in [0.5, 0.6) is 0 Å². The third-order valence-electron chi connectivity index (χ3n) is 8.45. The Hall–Kier alpha value is -2.70. The number of benzene rings is 1. The first-order chi connectivity index (χ1) is 19.1. The zero-order valence-corrected chi connectivity index (χ0v) is 25.8. The summed E-state index contributed by atoms with van der Waals surface area (Å²) >= 11 is 0. The van der Waals surface area contributed by atoms with Gasteiger partial charge in [0, 0.05) is 48.2 Å². The summed E-state index contributed by atoms with van der Waals surface area (Å²) in [7, 11) is -1.70. The van der Waals surface area contributed by atoms with E-state index < -0.39 is 8.32 Å². The van der Waals surface area contributed by atoms with E-state index in [4.69, 9.17) is 18.4 Å². The first-order valence-electron chi connectivity index (χ1n) is 14.6. The molecule has 2 aromatic heterocycles. The lowest BCUT2D eigenvalue weighted by molar-refractivity contribution is -0.188. The van der Waals surface area contributed by atoms with Gasteiger partial charge in [0.25, 0.3) is 0 Å². The Labute approximate surface area is 239 Å². The van der Waals surface area contributed by atoms with E-state index in [-0.39, 0.29) is 17.4 Å². The van der Waals surface area contributed by atoms with Gasteiger partial charge in [-0.25, -0.2) is 4.98 Å². The fourth-order valence-electron chi connectivity index (χ4n) is 4.89. The lowest BCUT2D eigenvalue weighted by Gasteiger charge is -2.43. The number of hydrogen-bond donors (Lipinski definition) is 0. The van der Waals surface area contributed by atoms with E-state index in [1.54, 1.807) is 6.20 Å². The molecule has 3 aromatic rings. The van der Waals surface area contributed by atoms with Gasteiger partial charge in [-0.05, 0) is 81.4 Å². The van der Waals surface area contributed by atoms with Crippen LogP contribution in [-0.4, -0.2) is 42.0 Å². The maximum absolute atomic E-state index is 6.51. The summed E-state index contributed by atoms with van der Waals surface area (Å²) < 4.78 is 26.1. The molecule has 5 rings (SSSR count). The second-order valence-corrected chi connectivity index (χ2v) is 17.4. The van der Waals surface area contributed by atoms with Gasteiger partial charge in [-0.2, -0.15) is 0 Å². The highest BCUT2D eigenvalue weighted by molar-refractivity contribution is 6.74. The molecular formula is C32H43N3O4Si. The zero-order valence-electron chi connectivity index (χ0n) is 24.8. The maximum Gasteiger partial charge on any atom is 0.192 e. The largest absolute Gasteiger partial charge is 0.414 e. The number of aromatic nitrogens is 3. The standard InChI is InChI=1S/C32H43N3O4Si/c1-23(37-30-9-7-8-18-36-30)31-33-16-17-35(31)22-27-21-29(38-34-27)26-14-12-24(13-15-26)10-11-25-19-28(20-25)39-40(5,6)32(2,3)4/h12-17,21,23,25,28,30H,7-9,18-20,22H2,1-6H3. The molecule has 2 fully saturated rings. The van der Waals surface area contributed by atoms with Crippen molar-refractivity contribution in [1.82, 2.24) is 14.7 Å². The third kappa shape index (κ3) is 6.95. The van der Waals surface area contributed by atoms with Crippen LogP contribution in [0.1, 0.15) is 83.0 Å². The van der Waals surface area contributed by atoms with Gasteiger partial charge in [0.15, 0.2) is 20.4 Å². The summed E-state index contributed by atoms with van der Waals surface area (Å²) in [6.45, 7) is 14.9. The van der Waals surface area contributed by atoms with Crippen molar-refractivity contribution in [2.45, 2.75) is 103 Å². The van der Waals surface area contributed by atoms with Crippen LogP contribution >= 0.6 is 0 Å². The first kappa shape index (κ1) is 28.8. The molecule has 3 heterocycles. The van der Waals surface area contributed by atoms with Crippen LogP contribution in [0.3, 0.4) is 0 Å². The van der Waals surface area contributed by atoms with Crippen LogP contribution in [0.2, 0.25) is 18.1 Å². The van der Waals surface area contributed by atoms with E-state index >= 15 is 0 Å². The molecule has 0 radical (unpaired) electrons. The zero-order chi connectivity index (χ0) is 28.3. The van der Waals surface area contributed by atoms with Gasteiger partial charge in [-0.15, -0.1) is 0 Å². The molecule has 1 saturated carbocycles. The van der Waals surface area contributed by atoms with E-state index in [1.807, 2.05) is 43.5 Å². The van der Waals surface area contributed by atoms with Gasteiger partial charge in [0.1, 0.15) is 17.6 Å². The molecule has 0 spiro atoms. The molecule has 1 aliphatic carbocycles. The van der Waals surface area contributed by atoms with Crippen molar-refractivity contribution in [3.8, 4) is 23.2 Å². The average molecular weight is 562 g/mol. The molecule has 2 unspecified atom stereocenters. The van der Waals surface area contributed by atoms with E-state index in [9.17, 15) is 0 Å². The van der Waals surface area contributed by atoms with Crippen molar-refractivity contribution in [3.63, 3.8) is 0 Å². The molecule has 7 nitrogen and oxygen atoms in total. The molecule has 2 aliphatic rings.